The molecule has 1 amide bonds. The molecule has 2 saturated heterocycles. The maximum absolute atomic E-state index is 11.6. The van der Waals surface area contributed by atoms with Gasteiger partial charge in [-0.05, 0) is 24.5 Å². The minimum absolute atomic E-state index is 0.431. The normalized spacial score (nSPS) is 24.2. The van der Waals surface area contributed by atoms with Crippen LogP contribution in [0.5, 0.6) is 0 Å². The van der Waals surface area contributed by atoms with Crippen LogP contribution in [0, 0.1) is 5.92 Å². The molecule has 2 aromatic rings. The molecule has 0 radical (unpaired) electrons. The van der Waals surface area contributed by atoms with Gasteiger partial charge in [-0.25, -0.2) is 4.98 Å². The minimum Gasteiger partial charge on any atom is -0.366 e. The topological polar surface area (TPSA) is 78.2 Å². The molecule has 2 aliphatic rings. The Labute approximate surface area is 135 Å². The lowest BCUT2D eigenvalue weighted by atomic mass is 10.2. The number of likely N-dealkylation sites (tertiary alicyclic amines) is 1. The molecule has 0 aliphatic carbocycles. The van der Waals surface area contributed by atoms with Crippen molar-refractivity contribution in [2.45, 2.75) is 32.4 Å². The maximum atomic E-state index is 11.6. The van der Waals surface area contributed by atoms with Crippen molar-refractivity contribution in [2.75, 3.05) is 24.5 Å². The molecule has 6 heteroatoms. The summed E-state index contributed by atoms with van der Waals surface area (Å²) in [5.74, 6) is 1.14. The van der Waals surface area contributed by atoms with E-state index in [-0.39, 0.29) is 0 Å². The number of amides is 1. The highest BCUT2D eigenvalue weighted by Gasteiger charge is 2.44. The fraction of sp³-hybridized carbons (Fsp3) is 0.529. The van der Waals surface area contributed by atoms with Crippen molar-refractivity contribution in [1.29, 1.82) is 0 Å². The number of aromatic amines is 1. The van der Waals surface area contributed by atoms with Crippen LogP contribution >= 0.6 is 0 Å². The molecule has 6 nitrogen and oxygen atoms in total. The molecular weight excluding hydrogens is 290 g/mol. The number of rotatable bonds is 4. The lowest BCUT2D eigenvalue weighted by molar-refractivity contribution is 0.100. The summed E-state index contributed by atoms with van der Waals surface area (Å²) < 4.78 is 0. The zero-order valence-corrected chi connectivity index (χ0v) is 13.6. The maximum Gasteiger partial charge on any atom is 0.250 e. The van der Waals surface area contributed by atoms with Gasteiger partial charge in [0.25, 0.3) is 5.91 Å². The third-order valence-electron chi connectivity index (χ3n) is 4.99. The Balaban J connectivity index is 1.60. The van der Waals surface area contributed by atoms with Crippen LogP contribution in [0.1, 0.15) is 30.6 Å². The van der Waals surface area contributed by atoms with E-state index in [1.807, 2.05) is 12.1 Å². The Morgan fingerprint density at radius 3 is 2.87 bits per heavy atom. The Kier molecular flexibility index (Phi) is 3.30. The number of anilines is 1. The zero-order chi connectivity index (χ0) is 16.1. The number of hydrogen-bond donors (Lipinski definition) is 2. The monoisotopic (exact) mass is 313 g/mol. The molecule has 2 aliphatic heterocycles. The Hall–Kier alpha value is -2.08. The zero-order valence-electron chi connectivity index (χ0n) is 13.6. The first-order valence-electron chi connectivity index (χ1n) is 8.32. The SMILES string of the molecule is CC(C)CN1C[C@@H]2C[C@H]1CN2c1nc2c(C(N)=O)cccc2[nH]1. The molecule has 3 N–H and O–H groups in total. The second kappa shape index (κ2) is 5.23. The Morgan fingerprint density at radius 1 is 1.39 bits per heavy atom. The lowest BCUT2D eigenvalue weighted by Crippen LogP contribution is -2.47. The number of benzene rings is 1. The van der Waals surface area contributed by atoms with Gasteiger partial charge >= 0.3 is 0 Å². The van der Waals surface area contributed by atoms with Gasteiger partial charge in [-0.1, -0.05) is 19.9 Å². The van der Waals surface area contributed by atoms with Gasteiger partial charge in [0.15, 0.2) is 0 Å². The molecule has 2 atom stereocenters. The van der Waals surface area contributed by atoms with Crippen molar-refractivity contribution in [1.82, 2.24) is 14.9 Å². The number of hydrogen-bond acceptors (Lipinski definition) is 4. The Morgan fingerprint density at radius 2 is 2.22 bits per heavy atom. The molecular formula is C17H23N5O. The number of carbonyl (C=O) groups excluding carboxylic acids is 1. The molecule has 0 spiro atoms. The number of nitrogens with zero attached hydrogens (tertiary/aromatic N) is 3. The van der Waals surface area contributed by atoms with Gasteiger partial charge in [-0.3, -0.25) is 9.69 Å². The second-order valence-corrected chi connectivity index (χ2v) is 7.17. The quantitative estimate of drug-likeness (QED) is 0.898. The van der Waals surface area contributed by atoms with Crippen LogP contribution in [0.15, 0.2) is 18.2 Å². The number of H-pyrrole nitrogens is 1. The molecule has 2 fully saturated rings. The van der Waals surface area contributed by atoms with E-state index in [9.17, 15) is 4.79 Å². The third-order valence-corrected chi connectivity index (χ3v) is 4.99. The molecule has 23 heavy (non-hydrogen) atoms. The highest BCUT2D eigenvalue weighted by molar-refractivity contribution is 6.04. The van der Waals surface area contributed by atoms with Crippen molar-refractivity contribution in [2.24, 2.45) is 11.7 Å². The first-order chi connectivity index (χ1) is 11.0. The highest BCUT2D eigenvalue weighted by atomic mass is 16.1. The van der Waals surface area contributed by atoms with E-state index in [2.05, 4.69) is 33.6 Å². The smallest absolute Gasteiger partial charge is 0.250 e. The summed E-state index contributed by atoms with van der Waals surface area (Å²) >= 11 is 0. The standard InChI is InChI=1S/C17H23N5O/c1-10(2)7-21-8-12-6-11(21)9-22(12)17-19-14-5-3-4-13(16(18)23)15(14)20-17/h3-5,10-12H,6-9H2,1-2H3,(H2,18,23)(H,19,20)/t11-,12-/m0/s1. The van der Waals surface area contributed by atoms with Crippen LogP contribution in [-0.4, -0.2) is 52.5 Å². The number of primary amides is 1. The summed E-state index contributed by atoms with van der Waals surface area (Å²) in [6.45, 7) is 7.81. The third kappa shape index (κ3) is 2.37. The summed E-state index contributed by atoms with van der Waals surface area (Å²) in [4.78, 5) is 24.6. The summed E-state index contributed by atoms with van der Waals surface area (Å²) in [5.41, 5.74) is 7.49. The van der Waals surface area contributed by atoms with Crippen LogP contribution in [0.4, 0.5) is 5.95 Å². The van der Waals surface area contributed by atoms with Crippen LogP contribution in [0.3, 0.4) is 0 Å². The van der Waals surface area contributed by atoms with Crippen LogP contribution in [-0.2, 0) is 0 Å². The van der Waals surface area contributed by atoms with Gasteiger partial charge in [0.05, 0.1) is 11.1 Å². The van der Waals surface area contributed by atoms with E-state index in [0.717, 1.165) is 24.6 Å². The number of nitrogens with one attached hydrogen (secondary N) is 1. The van der Waals surface area contributed by atoms with E-state index in [1.54, 1.807) is 6.07 Å². The molecule has 4 rings (SSSR count). The largest absolute Gasteiger partial charge is 0.366 e. The number of imidazole rings is 1. The summed E-state index contributed by atoms with van der Waals surface area (Å²) in [6.07, 6.45) is 1.20. The van der Waals surface area contributed by atoms with Crippen molar-refractivity contribution in [3.05, 3.63) is 23.8 Å². The van der Waals surface area contributed by atoms with Crippen LogP contribution in [0.25, 0.3) is 11.0 Å². The van der Waals surface area contributed by atoms with E-state index in [0.29, 0.717) is 29.1 Å². The molecule has 0 saturated carbocycles. The predicted octanol–water partition coefficient (Wildman–Crippen LogP) is 1.58. The molecule has 122 valence electrons. The van der Waals surface area contributed by atoms with Crippen LogP contribution < -0.4 is 10.6 Å². The van der Waals surface area contributed by atoms with E-state index in [4.69, 9.17) is 5.73 Å². The van der Waals surface area contributed by atoms with Gasteiger partial charge in [0.2, 0.25) is 5.95 Å². The first-order valence-corrected chi connectivity index (χ1v) is 8.32. The summed E-state index contributed by atoms with van der Waals surface area (Å²) in [5, 5.41) is 0. The number of para-hydroxylation sites is 1. The van der Waals surface area contributed by atoms with Gasteiger partial charge < -0.3 is 15.6 Å². The highest BCUT2D eigenvalue weighted by Crippen LogP contribution is 2.34. The van der Waals surface area contributed by atoms with Crippen LogP contribution in [0.2, 0.25) is 0 Å². The van der Waals surface area contributed by atoms with Crippen molar-refractivity contribution < 1.29 is 4.79 Å². The lowest BCUT2D eigenvalue weighted by Gasteiger charge is -2.34. The summed E-state index contributed by atoms with van der Waals surface area (Å²) in [7, 11) is 0. The number of aromatic nitrogens is 2. The molecule has 1 aromatic heterocycles. The van der Waals surface area contributed by atoms with Gasteiger partial charge in [0, 0.05) is 31.7 Å². The van der Waals surface area contributed by atoms with Crippen molar-refractivity contribution in [3.63, 3.8) is 0 Å². The van der Waals surface area contributed by atoms with Crippen molar-refractivity contribution in [3.8, 4) is 0 Å². The Bertz CT molecular complexity index is 753. The number of fused-ring (bicyclic) bond motifs is 3. The average Bonchev–Trinajstić information content (AvgIpc) is 3.17. The van der Waals surface area contributed by atoms with E-state index in [1.165, 1.54) is 13.0 Å². The van der Waals surface area contributed by atoms with Gasteiger partial charge in [0.1, 0.15) is 5.52 Å². The average molecular weight is 313 g/mol. The number of nitrogens with two attached hydrogens (primary N) is 1. The number of carbonyl (C=O) groups is 1. The second-order valence-electron chi connectivity index (χ2n) is 7.17. The van der Waals surface area contributed by atoms with Gasteiger partial charge in [-0.15, -0.1) is 0 Å². The first kappa shape index (κ1) is 14.5. The van der Waals surface area contributed by atoms with Gasteiger partial charge in [-0.2, -0.15) is 0 Å². The van der Waals surface area contributed by atoms with Crippen molar-refractivity contribution >= 4 is 22.9 Å². The van der Waals surface area contributed by atoms with E-state index >= 15 is 0 Å². The molecule has 0 unspecified atom stereocenters. The fourth-order valence-electron chi connectivity index (χ4n) is 4.06. The fourth-order valence-corrected chi connectivity index (χ4v) is 4.06. The van der Waals surface area contributed by atoms with E-state index < -0.39 is 5.91 Å². The molecule has 3 heterocycles. The number of piperazine rings is 1. The summed E-state index contributed by atoms with van der Waals surface area (Å²) in [6, 6.07) is 6.64. The molecule has 1 aromatic carbocycles. The predicted molar refractivity (Wildman–Crippen MR) is 90.6 cm³/mol. The molecule has 2 bridgehead atoms. The minimum atomic E-state index is -0.431.